The predicted molar refractivity (Wildman–Crippen MR) is 90.2 cm³/mol. The molecule has 5 nitrogen and oxygen atoms in total. The third kappa shape index (κ3) is 3.79. The third-order valence-corrected chi connectivity index (χ3v) is 4.13. The average Bonchev–Trinajstić information content (AvgIpc) is 2.64. The van der Waals surface area contributed by atoms with E-state index >= 15 is 0 Å². The van der Waals surface area contributed by atoms with Crippen LogP contribution in [0, 0.1) is 17.5 Å². The lowest BCUT2D eigenvalue weighted by atomic mass is 10.2. The van der Waals surface area contributed by atoms with E-state index in [1.54, 1.807) is 23.1 Å². The molecule has 0 spiro atoms. The zero-order valence-electron chi connectivity index (χ0n) is 13.7. The molecule has 0 aliphatic carbocycles. The monoisotopic (exact) mass is 363 g/mol. The molecule has 1 heterocycles. The largest absolute Gasteiger partial charge is 0.366 e. The molecule has 2 amide bonds. The molecule has 26 heavy (non-hydrogen) atoms. The van der Waals surface area contributed by atoms with Crippen molar-refractivity contribution in [3.05, 3.63) is 59.9 Å². The van der Waals surface area contributed by atoms with Gasteiger partial charge in [0.15, 0.2) is 0 Å². The number of hydrogen-bond acceptors (Lipinski definition) is 3. The fourth-order valence-corrected chi connectivity index (χ4v) is 2.77. The Balaban J connectivity index is 1.60. The van der Waals surface area contributed by atoms with Crippen molar-refractivity contribution >= 4 is 23.2 Å². The summed E-state index contributed by atoms with van der Waals surface area (Å²) in [6.45, 7) is 1.14. The van der Waals surface area contributed by atoms with Crippen molar-refractivity contribution in [3.8, 4) is 0 Å². The van der Waals surface area contributed by atoms with Crippen LogP contribution in [-0.4, -0.2) is 42.9 Å². The maximum atomic E-state index is 13.8. The Hall–Kier alpha value is -3.03. The highest BCUT2D eigenvalue weighted by Gasteiger charge is 2.27. The fourth-order valence-electron chi connectivity index (χ4n) is 2.77. The summed E-state index contributed by atoms with van der Waals surface area (Å²) < 4.78 is 40.5. The number of rotatable bonds is 2. The van der Waals surface area contributed by atoms with Crippen LogP contribution in [-0.2, 0) is 9.59 Å². The van der Waals surface area contributed by atoms with Crippen LogP contribution < -0.4 is 10.2 Å². The van der Waals surface area contributed by atoms with E-state index in [2.05, 4.69) is 5.32 Å². The number of para-hydroxylation sites is 1. The zero-order chi connectivity index (χ0) is 18.7. The highest BCUT2D eigenvalue weighted by Crippen LogP contribution is 2.20. The summed E-state index contributed by atoms with van der Waals surface area (Å²) in [7, 11) is 0. The lowest BCUT2D eigenvalue weighted by Crippen LogP contribution is -2.51. The van der Waals surface area contributed by atoms with E-state index in [4.69, 9.17) is 0 Å². The van der Waals surface area contributed by atoms with Crippen LogP contribution in [0.1, 0.15) is 0 Å². The number of nitrogens with zero attached hydrogens (tertiary/aromatic N) is 2. The Kier molecular flexibility index (Phi) is 5.11. The minimum atomic E-state index is -1.05. The Morgan fingerprint density at radius 1 is 0.885 bits per heavy atom. The number of benzene rings is 2. The van der Waals surface area contributed by atoms with E-state index in [-0.39, 0.29) is 18.9 Å². The number of piperazine rings is 1. The predicted octanol–water partition coefficient (Wildman–Crippen LogP) is 2.39. The van der Waals surface area contributed by atoms with Gasteiger partial charge in [0.1, 0.15) is 17.5 Å². The van der Waals surface area contributed by atoms with E-state index in [0.717, 1.165) is 18.2 Å². The SMILES string of the molecule is O=C(Nc1cc(F)ccc1F)C(=O)N1CCN(c2ccccc2F)CC1. The molecule has 0 saturated carbocycles. The van der Waals surface area contributed by atoms with Gasteiger partial charge in [0, 0.05) is 32.2 Å². The van der Waals surface area contributed by atoms with Crippen LogP contribution in [0.2, 0.25) is 0 Å². The first kappa shape index (κ1) is 17.8. The van der Waals surface area contributed by atoms with Gasteiger partial charge >= 0.3 is 11.8 Å². The van der Waals surface area contributed by atoms with Crippen molar-refractivity contribution in [2.75, 3.05) is 36.4 Å². The molecular weight excluding hydrogens is 347 g/mol. The highest BCUT2D eigenvalue weighted by molar-refractivity contribution is 6.39. The van der Waals surface area contributed by atoms with E-state index < -0.39 is 29.1 Å². The van der Waals surface area contributed by atoms with Crippen LogP contribution >= 0.6 is 0 Å². The minimum Gasteiger partial charge on any atom is -0.366 e. The second-order valence-corrected chi connectivity index (χ2v) is 5.81. The van der Waals surface area contributed by atoms with E-state index in [9.17, 15) is 22.8 Å². The Morgan fingerprint density at radius 3 is 2.27 bits per heavy atom. The maximum absolute atomic E-state index is 13.8. The van der Waals surface area contributed by atoms with Gasteiger partial charge in [-0.15, -0.1) is 0 Å². The quantitative estimate of drug-likeness (QED) is 0.834. The number of anilines is 2. The molecule has 0 unspecified atom stereocenters. The summed E-state index contributed by atoms with van der Waals surface area (Å²) in [6, 6.07) is 8.89. The number of hydrogen-bond donors (Lipinski definition) is 1. The first-order valence-corrected chi connectivity index (χ1v) is 8.00. The van der Waals surface area contributed by atoms with Gasteiger partial charge in [-0.25, -0.2) is 13.2 Å². The van der Waals surface area contributed by atoms with E-state index in [1.165, 1.54) is 11.0 Å². The van der Waals surface area contributed by atoms with Crippen molar-refractivity contribution in [1.82, 2.24) is 4.90 Å². The van der Waals surface area contributed by atoms with Crippen molar-refractivity contribution in [2.24, 2.45) is 0 Å². The molecule has 0 radical (unpaired) electrons. The van der Waals surface area contributed by atoms with E-state index in [1.807, 2.05) is 0 Å². The molecule has 1 N–H and O–H groups in total. The smallest absolute Gasteiger partial charge is 0.313 e. The Morgan fingerprint density at radius 2 is 1.58 bits per heavy atom. The lowest BCUT2D eigenvalue weighted by Gasteiger charge is -2.35. The Bertz CT molecular complexity index is 836. The van der Waals surface area contributed by atoms with Crippen LogP contribution in [0.3, 0.4) is 0 Å². The van der Waals surface area contributed by atoms with Gasteiger partial charge in [-0.05, 0) is 24.3 Å². The number of nitrogens with one attached hydrogen (secondary N) is 1. The summed E-state index contributed by atoms with van der Waals surface area (Å²) >= 11 is 0. The molecule has 1 saturated heterocycles. The van der Waals surface area contributed by atoms with Gasteiger partial charge in [-0.1, -0.05) is 12.1 Å². The topological polar surface area (TPSA) is 52.7 Å². The molecule has 2 aromatic carbocycles. The second kappa shape index (κ2) is 7.47. The molecule has 0 bridgehead atoms. The van der Waals surface area contributed by atoms with Crippen molar-refractivity contribution in [3.63, 3.8) is 0 Å². The zero-order valence-corrected chi connectivity index (χ0v) is 13.7. The molecule has 0 atom stereocenters. The molecule has 1 aliphatic heterocycles. The van der Waals surface area contributed by atoms with Gasteiger partial charge in [-0.3, -0.25) is 9.59 Å². The summed E-state index contributed by atoms with van der Waals surface area (Å²) in [5.74, 6) is -3.81. The van der Waals surface area contributed by atoms with E-state index in [0.29, 0.717) is 18.8 Å². The standard InChI is InChI=1S/C18H16F3N3O2/c19-12-5-6-13(20)15(11-12)22-17(25)18(26)24-9-7-23(8-10-24)16-4-2-1-3-14(16)21/h1-6,11H,7-10H2,(H,22,25). The van der Waals surface area contributed by atoms with Gasteiger partial charge in [0.05, 0.1) is 11.4 Å². The van der Waals surface area contributed by atoms with Crippen molar-refractivity contribution < 1.29 is 22.8 Å². The Labute approximate surface area is 148 Å². The van der Waals surface area contributed by atoms with Crippen LogP contribution in [0.25, 0.3) is 0 Å². The number of carbonyl (C=O) groups excluding carboxylic acids is 2. The van der Waals surface area contributed by atoms with Gasteiger partial charge in [-0.2, -0.15) is 0 Å². The normalized spacial score (nSPS) is 14.3. The van der Waals surface area contributed by atoms with Gasteiger partial charge < -0.3 is 15.1 Å². The molecule has 3 rings (SSSR count). The maximum Gasteiger partial charge on any atom is 0.313 e. The summed E-state index contributed by atoms with van der Waals surface area (Å²) in [6.07, 6.45) is 0. The molecular formula is C18H16F3N3O2. The first-order chi connectivity index (χ1) is 12.5. The van der Waals surface area contributed by atoms with Crippen LogP contribution in [0.5, 0.6) is 0 Å². The molecule has 0 aromatic heterocycles. The minimum absolute atomic E-state index is 0.215. The molecule has 1 aliphatic rings. The van der Waals surface area contributed by atoms with Crippen molar-refractivity contribution in [2.45, 2.75) is 0 Å². The number of halogens is 3. The summed E-state index contributed by atoms with van der Waals surface area (Å²) in [4.78, 5) is 27.3. The molecule has 1 fully saturated rings. The molecule has 2 aromatic rings. The highest BCUT2D eigenvalue weighted by atomic mass is 19.1. The first-order valence-electron chi connectivity index (χ1n) is 8.00. The summed E-state index contributed by atoms with van der Waals surface area (Å²) in [5.41, 5.74) is 0.0409. The van der Waals surface area contributed by atoms with Gasteiger partial charge in [0.2, 0.25) is 0 Å². The number of carbonyl (C=O) groups is 2. The fraction of sp³-hybridized carbons (Fsp3) is 0.222. The van der Waals surface area contributed by atoms with Gasteiger partial charge in [0.25, 0.3) is 0 Å². The lowest BCUT2D eigenvalue weighted by molar-refractivity contribution is -0.143. The van der Waals surface area contributed by atoms with Crippen molar-refractivity contribution in [1.29, 1.82) is 0 Å². The van der Waals surface area contributed by atoms with Crippen LogP contribution in [0.4, 0.5) is 24.5 Å². The molecule has 136 valence electrons. The number of amides is 2. The average molecular weight is 363 g/mol. The third-order valence-electron chi connectivity index (χ3n) is 4.13. The van der Waals surface area contributed by atoms with Crippen LogP contribution in [0.15, 0.2) is 42.5 Å². The molecule has 8 heteroatoms. The second-order valence-electron chi connectivity index (χ2n) is 5.81. The summed E-state index contributed by atoms with van der Waals surface area (Å²) in [5, 5.41) is 2.08.